The molecule has 0 amide bonds. The highest BCUT2D eigenvalue weighted by atomic mass is 16.6. The Morgan fingerprint density at radius 3 is 1.77 bits per heavy atom. The molecule has 0 aromatic heterocycles. The number of esters is 2. The number of carboxylic acids is 2. The predicted molar refractivity (Wildman–Crippen MR) is 91.9 cm³/mol. The molecule has 0 saturated heterocycles. The van der Waals surface area contributed by atoms with Gasteiger partial charge in [-0.3, -0.25) is 0 Å². The van der Waals surface area contributed by atoms with E-state index in [1.807, 2.05) is 0 Å². The van der Waals surface area contributed by atoms with E-state index < -0.39 is 23.9 Å². The molecule has 0 heterocycles. The molecule has 2 N–H and O–H groups in total. The van der Waals surface area contributed by atoms with Gasteiger partial charge in [-0.15, -0.1) is 0 Å². The van der Waals surface area contributed by atoms with Gasteiger partial charge >= 0.3 is 23.9 Å². The van der Waals surface area contributed by atoms with Crippen LogP contribution in [0.2, 0.25) is 0 Å². The molecule has 0 radical (unpaired) electrons. The summed E-state index contributed by atoms with van der Waals surface area (Å²) >= 11 is 0. The Labute approximate surface area is 150 Å². The molecule has 0 aliphatic rings. The normalized spacial score (nSPS) is 9.15. The predicted octanol–water partition coefficient (Wildman–Crippen LogP) is 2.31. The lowest BCUT2D eigenvalue weighted by Crippen LogP contribution is -2.16. The molecule has 1 aromatic carbocycles. The standard InChI is InChI=1S/C14H14O6.C4H6O2/c1-9(2)13(17)19-7-8-20-14(18)11-6-4-3-5-10(11)12(15)16;1-3(2)4(5)6/h3-6H,1,7-8H2,2H3,(H,15,16);1H2,2H3,(H,5,6). The monoisotopic (exact) mass is 364 g/mol. The number of hydrogen-bond acceptors (Lipinski definition) is 6. The van der Waals surface area contributed by atoms with E-state index in [1.165, 1.54) is 38.1 Å². The van der Waals surface area contributed by atoms with E-state index in [4.69, 9.17) is 19.7 Å². The number of ether oxygens (including phenoxy) is 2. The van der Waals surface area contributed by atoms with Gasteiger partial charge in [0.05, 0.1) is 11.1 Å². The number of benzene rings is 1. The minimum Gasteiger partial charge on any atom is -0.478 e. The molecule has 26 heavy (non-hydrogen) atoms. The number of hydrogen-bond donors (Lipinski definition) is 2. The first kappa shape index (κ1) is 22.6. The summed E-state index contributed by atoms with van der Waals surface area (Å²) in [7, 11) is 0. The Bertz CT molecular complexity index is 706. The van der Waals surface area contributed by atoms with Gasteiger partial charge in [0, 0.05) is 11.1 Å². The molecular formula is C18H20O8. The molecule has 0 fully saturated rings. The van der Waals surface area contributed by atoms with Crippen LogP contribution < -0.4 is 0 Å². The second-order valence-corrected chi connectivity index (χ2v) is 4.99. The van der Waals surface area contributed by atoms with Gasteiger partial charge in [0.1, 0.15) is 13.2 Å². The molecule has 8 heteroatoms. The van der Waals surface area contributed by atoms with Crippen LogP contribution in [0.25, 0.3) is 0 Å². The zero-order chi connectivity index (χ0) is 20.3. The van der Waals surface area contributed by atoms with E-state index in [1.54, 1.807) is 0 Å². The summed E-state index contributed by atoms with van der Waals surface area (Å²) < 4.78 is 9.58. The third-order valence-electron chi connectivity index (χ3n) is 2.64. The molecule has 1 aromatic rings. The summed E-state index contributed by atoms with van der Waals surface area (Å²) in [6.45, 7) is 9.22. The highest BCUT2D eigenvalue weighted by molar-refractivity contribution is 6.02. The largest absolute Gasteiger partial charge is 0.478 e. The summed E-state index contributed by atoms with van der Waals surface area (Å²) in [5.74, 6) is -3.51. The van der Waals surface area contributed by atoms with Crippen molar-refractivity contribution in [2.75, 3.05) is 13.2 Å². The number of aliphatic carboxylic acids is 1. The number of rotatable bonds is 7. The highest BCUT2D eigenvalue weighted by Gasteiger charge is 2.16. The van der Waals surface area contributed by atoms with Crippen LogP contribution in [0.3, 0.4) is 0 Å². The van der Waals surface area contributed by atoms with Gasteiger partial charge in [0.2, 0.25) is 0 Å². The third-order valence-corrected chi connectivity index (χ3v) is 2.64. The minimum absolute atomic E-state index is 0.0498. The second kappa shape index (κ2) is 11.2. The summed E-state index contributed by atoms with van der Waals surface area (Å²) in [6.07, 6.45) is 0. The fourth-order valence-corrected chi connectivity index (χ4v) is 1.32. The van der Waals surface area contributed by atoms with Crippen LogP contribution in [-0.4, -0.2) is 47.3 Å². The maximum Gasteiger partial charge on any atom is 0.339 e. The minimum atomic E-state index is -1.22. The quantitative estimate of drug-likeness (QED) is 0.429. The summed E-state index contributed by atoms with van der Waals surface area (Å²) in [4.78, 5) is 43.3. The van der Waals surface area contributed by atoms with Crippen LogP contribution in [0.4, 0.5) is 0 Å². The average Bonchev–Trinajstić information content (AvgIpc) is 2.58. The molecule has 0 aliphatic heterocycles. The second-order valence-electron chi connectivity index (χ2n) is 4.99. The Morgan fingerprint density at radius 2 is 1.35 bits per heavy atom. The first-order chi connectivity index (χ1) is 12.1. The maximum absolute atomic E-state index is 11.7. The van der Waals surface area contributed by atoms with Crippen LogP contribution in [0.5, 0.6) is 0 Å². The van der Waals surface area contributed by atoms with Crippen molar-refractivity contribution >= 4 is 23.9 Å². The van der Waals surface area contributed by atoms with Gasteiger partial charge in [0.15, 0.2) is 0 Å². The molecular weight excluding hydrogens is 344 g/mol. The maximum atomic E-state index is 11.7. The van der Waals surface area contributed by atoms with E-state index in [2.05, 4.69) is 13.2 Å². The van der Waals surface area contributed by atoms with Gasteiger partial charge in [-0.05, 0) is 26.0 Å². The number of carbonyl (C=O) groups is 4. The van der Waals surface area contributed by atoms with E-state index in [0.717, 1.165) is 0 Å². The third kappa shape index (κ3) is 8.44. The van der Waals surface area contributed by atoms with Crippen molar-refractivity contribution in [2.45, 2.75) is 13.8 Å². The van der Waals surface area contributed by atoms with Crippen LogP contribution in [0, 0.1) is 0 Å². The van der Waals surface area contributed by atoms with Gasteiger partial charge in [0.25, 0.3) is 0 Å². The topological polar surface area (TPSA) is 127 Å². The Morgan fingerprint density at radius 1 is 0.885 bits per heavy atom. The Balaban J connectivity index is 0.000000896. The summed E-state index contributed by atoms with van der Waals surface area (Å²) in [6, 6.07) is 5.70. The van der Waals surface area contributed by atoms with Crippen LogP contribution >= 0.6 is 0 Å². The lowest BCUT2D eigenvalue weighted by Gasteiger charge is -2.07. The SMILES string of the molecule is C=C(C)C(=O)O.C=C(C)C(=O)OCCOC(=O)c1ccccc1C(=O)O. The van der Waals surface area contributed by atoms with Crippen molar-refractivity contribution < 1.29 is 38.9 Å². The highest BCUT2D eigenvalue weighted by Crippen LogP contribution is 2.10. The molecule has 1 rings (SSSR count). The van der Waals surface area contributed by atoms with E-state index >= 15 is 0 Å². The number of aromatic carboxylic acids is 1. The summed E-state index contributed by atoms with van der Waals surface area (Å²) in [5, 5.41) is 16.8. The van der Waals surface area contributed by atoms with Crippen molar-refractivity contribution in [3.8, 4) is 0 Å². The van der Waals surface area contributed by atoms with Crippen molar-refractivity contribution in [1.29, 1.82) is 0 Å². The summed E-state index contributed by atoms with van der Waals surface area (Å²) in [5.41, 5.74) is 0.227. The lowest BCUT2D eigenvalue weighted by atomic mass is 10.1. The van der Waals surface area contributed by atoms with Crippen LogP contribution in [0.1, 0.15) is 34.6 Å². The van der Waals surface area contributed by atoms with Gasteiger partial charge in [-0.2, -0.15) is 0 Å². The van der Waals surface area contributed by atoms with Crippen molar-refractivity contribution in [2.24, 2.45) is 0 Å². The van der Waals surface area contributed by atoms with Crippen molar-refractivity contribution in [1.82, 2.24) is 0 Å². The molecule has 0 spiro atoms. The van der Waals surface area contributed by atoms with E-state index in [-0.39, 0.29) is 35.5 Å². The Kier molecular flexibility index (Phi) is 9.72. The van der Waals surface area contributed by atoms with Crippen molar-refractivity contribution in [3.05, 3.63) is 59.7 Å². The molecule has 0 saturated carbocycles. The van der Waals surface area contributed by atoms with Crippen molar-refractivity contribution in [3.63, 3.8) is 0 Å². The first-order valence-electron chi connectivity index (χ1n) is 7.28. The van der Waals surface area contributed by atoms with Gasteiger partial charge < -0.3 is 19.7 Å². The number of carboxylic acid groups (broad SMARTS) is 2. The molecule has 8 nitrogen and oxygen atoms in total. The molecule has 0 aliphatic carbocycles. The smallest absolute Gasteiger partial charge is 0.339 e. The molecule has 0 atom stereocenters. The average molecular weight is 364 g/mol. The Hall–Kier alpha value is -3.42. The van der Waals surface area contributed by atoms with E-state index in [9.17, 15) is 19.2 Å². The zero-order valence-electron chi connectivity index (χ0n) is 14.5. The van der Waals surface area contributed by atoms with Gasteiger partial charge in [-0.25, -0.2) is 19.2 Å². The van der Waals surface area contributed by atoms with Gasteiger partial charge in [-0.1, -0.05) is 25.3 Å². The van der Waals surface area contributed by atoms with Crippen LogP contribution in [0.15, 0.2) is 48.6 Å². The fraction of sp³-hybridized carbons (Fsp3) is 0.222. The first-order valence-corrected chi connectivity index (χ1v) is 7.28. The molecule has 0 bridgehead atoms. The molecule has 140 valence electrons. The lowest BCUT2D eigenvalue weighted by molar-refractivity contribution is -0.140. The van der Waals surface area contributed by atoms with E-state index in [0.29, 0.717) is 0 Å². The zero-order valence-corrected chi connectivity index (χ0v) is 14.5. The molecule has 0 unspecified atom stereocenters. The number of carbonyl (C=O) groups excluding carboxylic acids is 2. The van der Waals surface area contributed by atoms with Crippen LogP contribution in [-0.2, 0) is 19.1 Å². The fourth-order valence-electron chi connectivity index (χ4n) is 1.32.